The fourth-order valence-corrected chi connectivity index (χ4v) is 1.41. The first-order valence-electron chi connectivity index (χ1n) is 5.50. The Hall–Kier alpha value is -2.37. The zero-order valence-corrected chi connectivity index (χ0v) is 10.1. The van der Waals surface area contributed by atoms with E-state index >= 15 is 0 Å². The molecule has 2 rings (SSSR count). The van der Waals surface area contributed by atoms with E-state index in [1.807, 2.05) is 18.9 Å². The van der Waals surface area contributed by atoms with E-state index in [0.717, 1.165) is 6.54 Å². The van der Waals surface area contributed by atoms with E-state index in [0.29, 0.717) is 17.4 Å². The Morgan fingerprint density at radius 3 is 2.94 bits per heavy atom. The topological polar surface area (TPSA) is 79.5 Å². The number of aromatic carboxylic acids is 1. The van der Waals surface area contributed by atoms with Gasteiger partial charge in [-0.25, -0.2) is 4.79 Å². The van der Waals surface area contributed by atoms with Gasteiger partial charge in [0.1, 0.15) is 0 Å². The van der Waals surface area contributed by atoms with Crippen LogP contribution in [0.25, 0.3) is 11.5 Å². The van der Waals surface area contributed by atoms with Crippen molar-refractivity contribution in [1.82, 2.24) is 10.1 Å². The molecule has 0 aliphatic heterocycles. The Morgan fingerprint density at radius 2 is 2.28 bits per heavy atom. The van der Waals surface area contributed by atoms with Crippen LogP contribution in [-0.4, -0.2) is 34.8 Å². The minimum Gasteiger partial charge on any atom is -0.478 e. The molecule has 0 spiro atoms. The first-order chi connectivity index (χ1) is 8.61. The molecule has 0 unspecified atom stereocenters. The summed E-state index contributed by atoms with van der Waals surface area (Å²) >= 11 is 0. The summed E-state index contributed by atoms with van der Waals surface area (Å²) in [4.78, 5) is 16.9. The van der Waals surface area contributed by atoms with E-state index < -0.39 is 5.97 Å². The van der Waals surface area contributed by atoms with Gasteiger partial charge in [0.25, 0.3) is 11.8 Å². The fourth-order valence-electron chi connectivity index (χ4n) is 1.41. The highest BCUT2D eigenvalue weighted by Gasteiger charge is 2.12. The maximum Gasteiger partial charge on any atom is 0.335 e. The SMILES string of the molecule is CCN(C)c1noc(-c2cccc(C(=O)O)c2)n1. The van der Waals surface area contributed by atoms with Crippen molar-refractivity contribution < 1.29 is 14.4 Å². The van der Waals surface area contributed by atoms with E-state index in [4.69, 9.17) is 9.63 Å². The van der Waals surface area contributed by atoms with E-state index in [-0.39, 0.29) is 5.56 Å². The molecule has 0 radical (unpaired) electrons. The lowest BCUT2D eigenvalue weighted by molar-refractivity contribution is 0.0697. The van der Waals surface area contributed by atoms with Crippen LogP contribution in [0.2, 0.25) is 0 Å². The predicted molar refractivity (Wildman–Crippen MR) is 65.6 cm³/mol. The Kier molecular flexibility index (Phi) is 3.27. The van der Waals surface area contributed by atoms with Gasteiger partial charge in [0, 0.05) is 19.2 Å². The van der Waals surface area contributed by atoms with Gasteiger partial charge < -0.3 is 14.5 Å². The van der Waals surface area contributed by atoms with E-state index in [1.54, 1.807) is 12.1 Å². The smallest absolute Gasteiger partial charge is 0.335 e. The van der Waals surface area contributed by atoms with Crippen molar-refractivity contribution in [2.45, 2.75) is 6.92 Å². The van der Waals surface area contributed by atoms with Crippen molar-refractivity contribution in [3.63, 3.8) is 0 Å². The summed E-state index contributed by atoms with van der Waals surface area (Å²) in [7, 11) is 1.85. The van der Waals surface area contributed by atoms with Gasteiger partial charge in [-0.15, -0.1) is 0 Å². The normalized spacial score (nSPS) is 10.3. The molecule has 0 aliphatic rings. The van der Waals surface area contributed by atoms with Crippen LogP contribution in [-0.2, 0) is 0 Å². The van der Waals surface area contributed by atoms with Gasteiger partial charge >= 0.3 is 5.97 Å². The van der Waals surface area contributed by atoms with E-state index in [9.17, 15) is 4.79 Å². The number of carboxylic acids is 1. The zero-order chi connectivity index (χ0) is 13.1. The molecule has 6 heteroatoms. The lowest BCUT2D eigenvalue weighted by Gasteiger charge is -2.08. The standard InChI is InChI=1S/C12H13N3O3/c1-3-15(2)12-13-10(18-14-12)8-5-4-6-9(7-8)11(16)17/h4-7H,3H2,1-2H3,(H,16,17). The maximum absolute atomic E-state index is 10.9. The average Bonchev–Trinajstić information content (AvgIpc) is 2.87. The number of nitrogens with zero attached hydrogens (tertiary/aromatic N) is 3. The van der Waals surface area contributed by atoms with E-state index in [2.05, 4.69) is 10.1 Å². The van der Waals surface area contributed by atoms with Crippen LogP contribution in [0.4, 0.5) is 5.95 Å². The molecular formula is C12H13N3O3. The third-order valence-corrected chi connectivity index (χ3v) is 2.59. The molecule has 1 aromatic heterocycles. The molecule has 0 fully saturated rings. The van der Waals surface area contributed by atoms with Crippen molar-refractivity contribution in [1.29, 1.82) is 0 Å². The second-order valence-corrected chi connectivity index (χ2v) is 3.80. The van der Waals surface area contributed by atoms with Gasteiger partial charge in [-0.1, -0.05) is 6.07 Å². The number of aromatic nitrogens is 2. The number of carboxylic acid groups (broad SMARTS) is 1. The van der Waals surface area contributed by atoms with Crippen molar-refractivity contribution in [3.05, 3.63) is 29.8 Å². The molecule has 0 aliphatic carbocycles. The zero-order valence-electron chi connectivity index (χ0n) is 10.1. The number of hydrogen-bond acceptors (Lipinski definition) is 5. The molecule has 2 aromatic rings. The number of carbonyl (C=O) groups is 1. The average molecular weight is 247 g/mol. The molecule has 1 heterocycles. The highest BCUT2D eigenvalue weighted by molar-refractivity contribution is 5.88. The Bertz CT molecular complexity index is 565. The number of rotatable bonds is 4. The molecule has 0 saturated carbocycles. The largest absolute Gasteiger partial charge is 0.478 e. The summed E-state index contributed by atoms with van der Waals surface area (Å²) in [6.07, 6.45) is 0. The van der Waals surface area contributed by atoms with Crippen molar-refractivity contribution >= 4 is 11.9 Å². The van der Waals surface area contributed by atoms with Crippen LogP contribution in [0.5, 0.6) is 0 Å². The summed E-state index contributed by atoms with van der Waals surface area (Å²) in [5.41, 5.74) is 0.786. The molecule has 1 aromatic carbocycles. The van der Waals surface area contributed by atoms with Crippen LogP contribution in [0.1, 0.15) is 17.3 Å². The lowest BCUT2D eigenvalue weighted by atomic mass is 10.1. The first kappa shape index (κ1) is 12.1. The van der Waals surface area contributed by atoms with Crippen molar-refractivity contribution in [2.75, 3.05) is 18.5 Å². The third kappa shape index (κ3) is 2.32. The molecule has 6 nitrogen and oxygen atoms in total. The second-order valence-electron chi connectivity index (χ2n) is 3.80. The van der Waals surface area contributed by atoms with Crippen LogP contribution >= 0.6 is 0 Å². The number of benzene rings is 1. The monoisotopic (exact) mass is 247 g/mol. The van der Waals surface area contributed by atoms with Gasteiger partial charge in [-0.3, -0.25) is 0 Å². The minimum absolute atomic E-state index is 0.191. The van der Waals surface area contributed by atoms with Gasteiger partial charge in [0.2, 0.25) is 0 Å². The molecule has 18 heavy (non-hydrogen) atoms. The summed E-state index contributed by atoms with van der Waals surface area (Å²) in [6.45, 7) is 2.73. The van der Waals surface area contributed by atoms with Crippen LogP contribution in [0, 0.1) is 0 Å². The third-order valence-electron chi connectivity index (χ3n) is 2.59. The molecule has 0 bridgehead atoms. The van der Waals surface area contributed by atoms with Crippen LogP contribution in [0.15, 0.2) is 28.8 Å². The minimum atomic E-state index is -0.984. The summed E-state index contributed by atoms with van der Waals surface area (Å²) < 4.78 is 5.11. The molecule has 1 N–H and O–H groups in total. The Balaban J connectivity index is 2.34. The van der Waals surface area contributed by atoms with Gasteiger partial charge in [-0.05, 0) is 30.3 Å². The second kappa shape index (κ2) is 4.87. The van der Waals surface area contributed by atoms with Crippen LogP contribution < -0.4 is 4.90 Å². The Morgan fingerprint density at radius 1 is 1.50 bits per heavy atom. The summed E-state index contributed by atoms with van der Waals surface area (Å²) in [5.74, 6) is -0.191. The van der Waals surface area contributed by atoms with Crippen LogP contribution in [0.3, 0.4) is 0 Å². The fraction of sp³-hybridized carbons (Fsp3) is 0.250. The summed E-state index contributed by atoms with van der Waals surface area (Å²) in [6, 6.07) is 6.40. The quantitative estimate of drug-likeness (QED) is 0.888. The highest BCUT2D eigenvalue weighted by atomic mass is 16.5. The lowest BCUT2D eigenvalue weighted by Crippen LogP contribution is -2.16. The molecule has 94 valence electrons. The van der Waals surface area contributed by atoms with Gasteiger partial charge in [-0.2, -0.15) is 4.98 Å². The molecule has 0 saturated heterocycles. The summed E-state index contributed by atoms with van der Waals surface area (Å²) in [5, 5.41) is 12.7. The first-order valence-corrected chi connectivity index (χ1v) is 5.50. The molecule has 0 amide bonds. The Labute approximate surface area is 104 Å². The van der Waals surface area contributed by atoms with Gasteiger partial charge in [0.15, 0.2) is 0 Å². The van der Waals surface area contributed by atoms with Crippen molar-refractivity contribution in [2.24, 2.45) is 0 Å². The number of hydrogen-bond donors (Lipinski definition) is 1. The van der Waals surface area contributed by atoms with E-state index in [1.165, 1.54) is 12.1 Å². The molecular weight excluding hydrogens is 234 g/mol. The van der Waals surface area contributed by atoms with Crippen molar-refractivity contribution in [3.8, 4) is 11.5 Å². The maximum atomic E-state index is 10.9. The number of anilines is 1. The highest BCUT2D eigenvalue weighted by Crippen LogP contribution is 2.20. The molecule has 0 atom stereocenters. The van der Waals surface area contributed by atoms with Gasteiger partial charge in [0.05, 0.1) is 5.56 Å². The predicted octanol–water partition coefficient (Wildman–Crippen LogP) is 1.89.